The van der Waals surface area contributed by atoms with E-state index in [2.05, 4.69) is 14.7 Å². The Hall–Kier alpha value is -2.74. The number of ether oxygens (including phenoxy) is 2. The van der Waals surface area contributed by atoms with Gasteiger partial charge in [-0.3, -0.25) is 4.72 Å². The molecule has 0 atom stereocenters. The molecule has 0 radical (unpaired) electrons. The first kappa shape index (κ1) is 15.2. The summed E-state index contributed by atoms with van der Waals surface area (Å²) in [6, 6.07) is 9.64. The van der Waals surface area contributed by atoms with E-state index in [0.29, 0.717) is 11.4 Å². The quantitative estimate of drug-likeness (QED) is 0.748. The van der Waals surface area contributed by atoms with Crippen molar-refractivity contribution >= 4 is 26.7 Å². The first-order valence-corrected chi connectivity index (χ1v) is 8.20. The van der Waals surface area contributed by atoms with Crippen molar-refractivity contribution in [2.24, 2.45) is 0 Å². The number of sulfonamides is 1. The Labute approximate surface area is 133 Å². The van der Waals surface area contributed by atoms with Crippen molar-refractivity contribution in [3.8, 4) is 11.5 Å². The number of nitrogens with zero attached hydrogens (tertiary/aromatic N) is 1. The molecular weight excluding hydrogens is 318 g/mol. The molecule has 0 spiro atoms. The van der Waals surface area contributed by atoms with Gasteiger partial charge >= 0.3 is 0 Å². The van der Waals surface area contributed by atoms with Gasteiger partial charge in [-0.1, -0.05) is 0 Å². The highest BCUT2D eigenvalue weighted by molar-refractivity contribution is 7.92. The van der Waals surface area contributed by atoms with Gasteiger partial charge in [-0.15, -0.1) is 0 Å². The predicted molar refractivity (Wildman–Crippen MR) is 86.4 cm³/mol. The molecule has 3 aromatic rings. The van der Waals surface area contributed by atoms with E-state index in [1.165, 1.54) is 20.3 Å². The van der Waals surface area contributed by atoms with Crippen LogP contribution in [0.4, 0.5) is 5.69 Å². The lowest BCUT2D eigenvalue weighted by Crippen LogP contribution is -2.14. The lowest BCUT2D eigenvalue weighted by atomic mass is 10.3. The van der Waals surface area contributed by atoms with E-state index in [0.717, 1.165) is 11.0 Å². The molecule has 0 bridgehead atoms. The van der Waals surface area contributed by atoms with Crippen molar-refractivity contribution in [1.29, 1.82) is 0 Å². The van der Waals surface area contributed by atoms with Gasteiger partial charge in [0.2, 0.25) is 0 Å². The topological polar surface area (TPSA) is 93.3 Å². The zero-order chi connectivity index (χ0) is 16.4. The van der Waals surface area contributed by atoms with Gasteiger partial charge in [0.15, 0.2) is 0 Å². The van der Waals surface area contributed by atoms with Gasteiger partial charge in [0, 0.05) is 6.07 Å². The minimum Gasteiger partial charge on any atom is -0.497 e. The Morgan fingerprint density at radius 3 is 2.65 bits per heavy atom. The van der Waals surface area contributed by atoms with Crippen LogP contribution in [0.5, 0.6) is 11.5 Å². The van der Waals surface area contributed by atoms with E-state index in [9.17, 15) is 8.42 Å². The van der Waals surface area contributed by atoms with Gasteiger partial charge in [0.25, 0.3) is 10.0 Å². The zero-order valence-corrected chi connectivity index (χ0v) is 13.3. The second kappa shape index (κ2) is 5.81. The number of imidazole rings is 1. The third kappa shape index (κ3) is 2.93. The fourth-order valence-corrected chi connectivity index (χ4v) is 3.44. The summed E-state index contributed by atoms with van der Waals surface area (Å²) in [4.78, 5) is 7.03. The van der Waals surface area contributed by atoms with Crippen LogP contribution in [-0.2, 0) is 10.0 Å². The molecule has 0 saturated heterocycles. The van der Waals surface area contributed by atoms with E-state index in [-0.39, 0.29) is 10.6 Å². The van der Waals surface area contributed by atoms with Crippen molar-refractivity contribution in [3.05, 3.63) is 42.7 Å². The van der Waals surface area contributed by atoms with Gasteiger partial charge in [-0.25, -0.2) is 13.4 Å². The first-order valence-electron chi connectivity index (χ1n) is 6.71. The van der Waals surface area contributed by atoms with Crippen LogP contribution in [0.2, 0.25) is 0 Å². The van der Waals surface area contributed by atoms with Gasteiger partial charge in [0.05, 0.1) is 37.3 Å². The van der Waals surface area contributed by atoms with Gasteiger partial charge < -0.3 is 14.5 Å². The average Bonchev–Trinajstić information content (AvgIpc) is 3.01. The molecule has 2 aromatic carbocycles. The summed E-state index contributed by atoms with van der Waals surface area (Å²) in [5, 5.41) is 0. The zero-order valence-electron chi connectivity index (χ0n) is 12.5. The second-order valence-corrected chi connectivity index (χ2v) is 6.41. The smallest absolute Gasteiger partial charge is 0.265 e. The van der Waals surface area contributed by atoms with Crippen molar-refractivity contribution in [2.75, 3.05) is 18.9 Å². The molecular formula is C15H15N3O4S. The summed E-state index contributed by atoms with van der Waals surface area (Å²) < 4.78 is 38.1. The van der Waals surface area contributed by atoms with Crippen LogP contribution < -0.4 is 14.2 Å². The van der Waals surface area contributed by atoms with Gasteiger partial charge in [0.1, 0.15) is 16.4 Å². The van der Waals surface area contributed by atoms with Crippen LogP contribution in [0.15, 0.2) is 47.6 Å². The molecule has 120 valence electrons. The SMILES string of the molecule is COc1ccc(OC)c(S(=O)(=O)Nc2ccc3nc[nH]c3c2)c1. The lowest BCUT2D eigenvalue weighted by Gasteiger charge is -2.12. The Balaban J connectivity index is 2.00. The highest BCUT2D eigenvalue weighted by atomic mass is 32.2. The van der Waals surface area contributed by atoms with E-state index in [4.69, 9.17) is 9.47 Å². The molecule has 0 amide bonds. The number of hydrogen-bond donors (Lipinski definition) is 2. The summed E-state index contributed by atoms with van der Waals surface area (Å²) >= 11 is 0. The number of fused-ring (bicyclic) bond motifs is 1. The van der Waals surface area contributed by atoms with Crippen molar-refractivity contribution in [3.63, 3.8) is 0 Å². The van der Waals surface area contributed by atoms with E-state index in [1.807, 2.05) is 0 Å². The standard InChI is InChI=1S/C15H15N3O4S/c1-21-11-4-6-14(22-2)15(8-11)23(19,20)18-10-3-5-12-13(7-10)17-9-16-12/h3-9,18H,1-2H3,(H,16,17). The van der Waals surface area contributed by atoms with Gasteiger partial charge in [-0.05, 0) is 30.3 Å². The Bertz CT molecular complexity index is 950. The second-order valence-electron chi connectivity index (χ2n) is 4.76. The lowest BCUT2D eigenvalue weighted by molar-refractivity contribution is 0.392. The maximum atomic E-state index is 12.7. The predicted octanol–water partition coefficient (Wildman–Crippen LogP) is 2.38. The molecule has 0 aliphatic rings. The number of benzene rings is 2. The number of H-pyrrole nitrogens is 1. The van der Waals surface area contributed by atoms with E-state index in [1.54, 1.807) is 36.7 Å². The summed E-state index contributed by atoms with van der Waals surface area (Å²) in [6.45, 7) is 0. The fraction of sp³-hybridized carbons (Fsp3) is 0.133. The van der Waals surface area contributed by atoms with Crippen molar-refractivity contribution < 1.29 is 17.9 Å². The summed E-state index contributed by atoms with van der Waals surface area (Å²) in [7, 11) is -0.945. The molecule has 1 aromatic heterocycles. The molecule has 0 saturated carbocycles. The molecule has 0 fully saturated rings. The Morgan fingerprint density at radius 1 is 1.09 bits per heavy atom. The third-order valence-corrected chi connectivity index (χ3v) is 4.74. The maximum Gasteiger partial charge on any atom is 0.265 e. The normalized spacial score (nSPS) is 11.4. The molecule has 23 heavy (non-hydrogen) atoms. The third-order valence-electron chi connectivity index (χ3n) is 3.33. The molecule has 2 N–H and O–H groups in total. The fourth-order valence-electron chi connectivity index (χ4n) is 2.20. The van der Waals surface area contributed by atoms with Gasteiger partial charge in [-0.2, -0.15) is 0 Å². The monoisotopic (exact) mass is 333 g/mol. The molecule has 3 rings (SSSR count). The van der Waals surface area contributed by atoms with Crippen LogP contribution in [0.1, 0.15) is 0 Å². The Kier molecular flexibility index (Phi) is 3.83. The minimum absolute atomic E-state index is 0.00376. The van der Waals surface area contributed by atoms with Crippen LogP contribution in [0.3, 0.4) is 0 Å². The molecule has 7 nitrogen and oxygen atoms in total. The van der Waals surface area contributed by atoms with E-state index >= 15 is 0 Å². The number of aromatic amines is 1. The summed E-state index contributed by atoms with van der Waals surface area (Å²) in [5.41, 5.74) is 1.92. The van der Waals surface area contributed by atoms with Crippen LogP contribution in [-0.4, -0.2) is 32.6 Å². The Morgan fingerprint density at radius 2 is 1.91 bits per heavy atom. The number of aromatic nitrogens is 2. The number of hydrogen-bond acceptors (Lipinski definition) is 5. The molecule has 0 unspecified atom stereocenters. The highest BCUT2D eigenvalue weighted by Gasteiger charge is 2.21. The van der Waals surface area contributed by atoms with Crippen LogP contribution in [0, 0.1) is 0 Å². The summed E-state index contributed by atoms with van der Waals surface area (Å²) in [5.74, 6) is 0.663. The number of anilines is 1. The van der Waals surface area contributed by atoms with Crippen molar-refractivity contribution in [1.82, 2.24) is 9.97 Å². The molecule has 1 heterocycles. The molecule has 0 aliphatic heterocycles. The average molecular weight is 333 g/mol. The highest BCUT2D eigenvalue weighted by Crippen LogP contribution is 2.30. The summed E-state index contributed by atoms with van der Waals surface area (Å²) in [6.07, 6.45) is 1.55. The first-order chi connectivity index (χ1) is 11.0. The van der Waals surface area contributed by atoms with E-state index < -0.39 is 10.0 Å². The number of rotatable bonds is 5. The van der Waals surface area contributed by atoms with Crippen molar-refractivity contribution in [2.45, 2.75) is 4.90 Å². The number of methoxy groups -OCH3 is 2. The minimum atomic E-state index is -3.83. The van der Waals surface area contributed by atoms with Crippen LogP contribution in [0.25, 0.3) is 11.0 Å². The maximum absolute atomic E-state index is 12.7. The number of nitrogens with one attached hydrogen (secondary N) is 2. The largest absolute Gasteiger partial charge is 0.497 e. The van der Waals surface area contributed by atoms with Crippen LogP contribution >= 0.6 is 0 Å². The molecule has 0 aliphatic carbocycles. The molecule has 8 heteroatoms.